The van der Waals surface area contributed by atoms with Crippen LogP contribution in [-0.2, 0) is 13.0 Å². The highest BCUT2D eigenvalue weighted by Gasteiger charge is 2.19. The predicted octanol–water partition coefficient (Wildman–Crippen LogP) is 0.114. The molecule has 0 radical (unpaired) electrons. The van der Waals surface area contributed by atoms with E-state index in [4.69, 9.17) is 5.21 Å². The largest absolute Gasteiger partial charge is 0.348 e. The Labute approximate surface area is 95.1 Å². The maximum absolute atomic E-state index is 11.7. The molecule has 1 aromatic carbocycles. The molecule has 0 bridgehead atoms. The first-order valence-corrected chi connectivity index (χ1v) is 5.18. The van der Waals surface area contributed by atoms with Gasteiger partial charge >= 0.3 is 5.69 Å². The highest BCUT2D eigenvalue weighted by molar-refractivity contribution is 5.85. The number of hydrogen-bond donors (Lipinski definition) is 2. The summed E-state index contributed by atoms with van der Waals surface area (Å²) in [5.41, 5.74) is 2.76. The minimum atomic E-state index is -0.334. The van der Waals surface area contributed by atoms with Gasteiger partial charge in [0.25, 0.3) is 0 Å². The molecule has 0 atom stereocenters. The van der Waals surface area contributed by atoms with E-state index in [0.717, 1.165) is 5.39 Å². The molecule has 1 aliphatic rings. The molecule has 0 spiro atoms. The van der Waals surface area contributed by atoms with Crippen molar-refractivity contribution in [2.24, 2.45) is 0 Å². The second-order valence-electron chi connectivity index (χ2n) is 3.91. The lowest BCUT2D eigenvalue weighted by molar-refractivity contribution is 0.387. The summed E-state index contributed by atoms with van der Waals surface area (Å²) in [6.45, 7) is 0.483. The first kappa shape index (κ1) is 9.98. The van der Waals surface area contributed by atoms with Gasteiger partial charge in [-0.05, 0) is 18.6 Å². The van der Waals surface area contributed by atoms with Crippen molar-refractivity contribution in [1.82, 2.24) is 9.55 Å². The Morgan fingerprint density at radius 2 is 2.18 bits per heavy atom. The predicted molar refractivity (Wildman–Crippen MR) is 61.4 cm³/mol. The van der Waals surface area contributed by atoms with Crippen molar-refractivity contribution >= 4 is 16.6 Å². The molecule has 2 aromatic rings. The monoisotopic (exact) mass is 231 g/mol. The van der Waals surface area contributed by atoms with Gasteiger partial charge in [0, 0.05) is 23.7 Å². The summed E-state index contributed by atoms with van der Waals surface area (Å²) in [4.78, 5) is 27.0. The van der Waals surface area contributed by atoms with Gasteiger partial charge in [0.2, 0.25) is 5.43 Å². The third kappa shape index (κ3) is 1.27. The number of nitrogens with zero attached hydrogens (tertiary/aromatic N) is 2. The van der Waals surface area contributed by atoms with Crippen molar-refractivity contribution in [3.05, 3.63) is 44.6 Å². The third-order valence-electron chi connectivity index (χ3n) is 3.03. The molecule has 1 aliphatic heterocycles. The fourth-order valence-corrected chi connectivity index (χ4v) is 2.28. The van der Waals surface area contributed by atoms with Gasteiger partial charge < -0.3 is 0 Å². The van der Waals surface area contributed by atoms with Crippen molar-refractivity contribution in [1.29, 1.82) is 0 Å². The molecule has 86 valence electrons. The smallest absolute Gasteiger partial charge is 0.291 e. The highest BCUT2D eigenvalue weighted by atomic mass is 16.5. The minimum Gasteiger partial charge on any atom is -0.291 e. The van der Waals surface area contributed by atoms with Crippen molar-refractivity contribution in [3.63, 3.8) is 0 Å². The zero-order chi connectivity index (χ0) is 12.0. The average molecular weight is 231 g/mol. The Hall–Kier alpha value is -2.21. The van der Waals surface area contributed by atoms with Crippen LogP contribution < -0.4 is 16.6 Å². The van der Waals surface area contributed by atoms with Gasteiger partial charge in [-0.15, -0.1) is 0 Å². The standard InChI is InChI=1S/C11H9N3O3/c15-8-2-1-6-5-12-11(16)14-4-3-7(10(6)14)9(8)13-17/h1-2,5,17H,3-4H2,(H,13,15). The number of nitrogens with one attached hydrogen (secondary N) is 1. The van der Waals surface area contributed by atoms with E-state index in [1.807, 2.05) is 5.48 Å². The van der Waals surface area contributed by atoms with Crippen molar-refractivity contribution < 1.29 is 5.21 Å². The van der Waals surface area contributed by atoms with Crippen LogP contribution in [0.25, 0.3) is 10.9 Å². The molecule has 17 heavy (non-hydrogen) atoms. The average Bonchev–Trinajstić information content (AvgIpc) is 2.70. The van der Waals surface area contributed by atoms with Crippen LogP contribution in [0.3, 0.4) is 0 Å². The topological polar surface area (TPSA) is 84.2 Å². The molecule has 0 fully saturated rings. The van der Waals surface area contributed by atoms with Crippen LogP contribution >= 0.6 is 0 Å². The van der Waals surface area contributed by atoms with Crippen LogP contribution in [0.4, 0.5) is 5.69 Å². The quantitative estimate of drug-likeness (QED) is 0.681. The van der Waals surface area contributed by atoms with Gasteiger partial charge in [-0.1, -0.05) is 0 Å². The maximum Gasteiger partial charge on any atom is 0.348 e. The molecule has 2 N–H and O–H groups in total. The van der Waals surface area contributed by atoms with E-state index >= 15 is 0 Å². The van der Waals surface area contributed by atoms with Gasteiger partial charge in [0.15, 0.2) is 0 Å². The number of aryl methyl sites for hydroxylation is 2. The zero-order valence-electron chi connectivity index (χ0n) is 8.80. The van der Waals surface area contributed by atoms with E-state index in [0.29, 0.717) is 24.0 Å². The molecule has 0 amide bonds. The number of hydrogen-bond acceptors (Lipinski definition) is 5. The van der Waals surface area contributed by atoms with E-state index in [9.17, 15) is 9.59 Å². The summed E-state index contributed by atoms with van der Waals surface area (Å²) in [7, 11) is 0. The molecule has 1 aromatic heterocycles. The van der Waals surface area contributed by atoms with Crippen molar-refractivity contribution in [2.75, 3.05) is 5.48 Å². The van der Waals surface area contributed by atoms with Crippen LogP contribution in [0, 0.1) is 0 Å². The van der Waals surface area contributed by atoms with Crippen molar-refractivity contribution in [3.8, 4) is 0 Å². The number of aromatic nitrogens is 2. The summed E-state index contributed by atoms with van der Waals surface area (Å²) < 4.78 is 1.52. The summed E-state index contributed by atoms with van der Waals surface area (Å²) in [5.74, 6) is 0. The van der Waals surface area contributed by atoms with E-state index < -0.39 is 0 Å². The summed E-state index contributed by atoms with van der Waals surface area (Å²) in [5, 5.41) is 9.76. The second kappa shape index (κ2) is 3.39. The minimum absolute atomic E-state index is 0.136. The Kier molecular flexibility index (Phi) is 1.99. The molecule has 0 aliphatic carbocycles. The van der Waals surface area contributed by atoms with Gasteiger partial charge in [0.1, 0.15) is 5.69 Å². The molecular weight excluding hydrogens is 222 g/mol. The lowest BCUT2D eigenvalue weighted by Gasteiger charge is -2.00. The lowest BCUT2D eigenvalue weighted by atomic mass is 10.2. The van der Waals surface area contributed by atoms with Crippen LogP contribution in [0.5, 0.6) is 0 Å². The van der Waals surface area contributed by atoms with Gasteiger partial charge in [-0.25, -0.2) is 9.78 Å². The Balaban J connectivity index is 2.63. The molecule has 2 heterocycles. The van der Waals surface area contributed by atoms with E-state index in [1.165, 1.54) is 16.8 Å². The van der Waals surface area contributed by atoms with Crippen LogP contribution in [0.1, 0.15) is 5.56 Å². The Morgan fingerprint density at radius 1 is 1.35 bits per heavy atom. The van der Waals surface area contributed by atoms with Gasteiger partial charge in [-0.2, -0.15) is 0 Å². The third-order valence-corrected chi connectivity index (χ3v) is 3.03. The fourth-order valence-electron chi connectivity index (χ4n) is 2.28. The molecule has 0 unspecified atom stereocenters. The summed E-state index contributed by atoms with van der Waals surface area (Å²) >= 11 is 0. The Bertz CT molecular complexity index is 736. The normalized spacial score (nSPS) is 13.0. The molecule has 6 nitrogen and oxygen atoms in total. The first-order chi connectivity index (χ1) is 8.22. The fraction of sp³-hybridized carbons (Fsp3) is 0.182. The van der Waals surface area contributed by atoms with E-state index in [-0.39, 0.29) is 16.8 Å². The first-order valence-electron chi connectivity index (χ1n) is 5.18. The Morgan fingerprint density at radius 3 is 2.94 bits per heavy atom. The van der Waals surface area contributed by atoms with Crippen LogP contribution in [0.2, 0.25) is 0 Å². The zero-order valence-corrected chi connectivity index (χ0v) is 8.80. The molecule has 6 heteroatoms. The summed E-state index contributed by atoms with van der Waals surface area (Å²) in [6, 6.07) is 2.96. The van der Waals surface area contributed by atoms with Gasteiger partial charge in [-0.3, -0.25) is 20.0 Å². The van der Waals surface area contributed by atoms with Gasteiger partial charge in [0.05, 0.1) is 5.52 Å². The highest BCUT2D eigenvalue weighted by Crippen LogP contribution is 2.25. The molecule has 0 saturated carbocycles. The number of anilines is 1. The van der Waals surface area contributed by atoms with Crippen LogP contribution in [0.15, 0.2) is 27.9 Å². The summed E-state index contributed by atoms with van der Waals surface area (Å²) in [6.07, 6.45) is 1.98. The molecule has 0 saturated heterocycles. The van der Waals surface area contributed by atoms with Crippen molar-refractivity contribution in [2.45, 2.75) is 13.0 Å². The SMILES string of the molecule is O=c1ccc2cnc(=O)n3c2c(c1NO)CC3. The maximum atomic E-state index is 11.7. The lowest BCUT2D eigenvalue weighted by Crippen LogP contribution is -2.20. The van der Waals surface area contributed by atoms with E-state index in [2.05, 4.69) is 4.98 Å². The second-order valence-corrected chi connectivity index (χ2v) is 3.91. The van der Waals surface area contributed by atoms with E-state index in [1.54, 1.807) is 6.07 Å². The number of rotatable bonds is 1. The van der Waals surface area contributed by atoms with Crippen LogP contribution in [-0.4, -0.2) is 14.8 Å². The molecular formula is C11H9N3O3. The molecule has 3 rings (SSSR count).